The Morgan fingerprint density at radius 3 is 1.86 bits per heavy atom. The van der Waals surface area contributed by atoms with E-state index in [1.165, 1.54) is 0 Å². The summed E-state index contributed by atoms with van der Waals surface area (Å²) in [5.41, 5.74) is 0.673. The van der Waals surface area contributed by atoms with E-state index in [1.807, 2.05) is 0 Å². The van der Waals surface area contributed by atoms with Crippen LogP contribution in [0.25, 0.3) is 0 Å². The summed E-state index contributed by atoms with van der Waals surface area (Å²) in [5.74, 6) is 0. The largest absolute Gasteiger partial charge is 0.239 e. The highest BCUT2D eigenvalue weighted by Gasteiger charge is 2.30. The third kappa shape index (κ3) is 7.39. The molecule has 0 aliphatic carbocycles. The second-order valence-electron chi connectivity index (χ2n) is 5.58. The monoisotopic (exact) mass is 274 g/mol. The molecule has 0 saturated heterocycles. The SMILES string of the molecule is CC(CC(C)(C)CC(C)(C)Cl)[SiH](Cl)Cl. The number of rotatable bonds is 5. The van der Waals surface area contributed by atoms with Crippen LogP contribution in [0.5, 0.6) is 0 Å². The average molecular weight is 276 g/mol. The molecule has 0 aromatic heterocycles. The van der Waals surface area contributed by atoms with E-state index in [4.69, 9.17) is 33.8 Å². The molecule has 0 fully saturated rings. The Bertz CT molecular complexity index is 173. The van der Waals surface area contributed by atoms with Gasteiger partial charge in [0.05, 0.1) is 0 Å². The number of halogens is 3. The zero-order chi connectivity index (χ0) is 11.6. The van der Waals surface area contributed by atoms with Crippen molar-refractivity contribution >= 4 is 41.2 Å². The fourth-order valence-corrected chi connectivity index (χ4v) is 3.88. The van der Waals surface area contributed by atoms with Crippen molar-refractivity contribution in [3.63, 3.8) is 0 Å². The van der Waals surface area contributed by atoms with Gasteiger partial charge in [-0.05, 0) is 37.6 Å². The molecule has 0 amide bonds. The predicted molar refractivity (Wildman–Crippen MR) is 71.2 cm³/mol. The second-order valence-corrected chi connectivity index (χ2v) is 11.9. The van der Waals surface area contributed by atoms with E-state index in [2.05, 4.69) is 34.6 Å². The lowest BCUT2D eigenvalue weighted by Gasteiger charge is -2.33. The summed E-state index contributed by atoms with van der Waals surface area (Å²) in [5, 5.41) is 0. The summed E-state index contributed by atoms with van der Waals surface area (Å²) in [7, 11) is -1.53. The Balaban J connectivity index is 4.20. The van der Waals surface area contributed by atoms with Crippen LogP contribution in [-0.2, 0) is 0 Å². The highest BCUT2D eigenvalue weighted by molar-refractivity contribution is 7.34. The molecule has 0 aromatic rings. The summed E-state index contributed by atoms with van der Waals surface area (Å²) in [4.78, 5) is -0.140. The van der Waals surface area contributed by atoms with Crippen LogP contribution in [0.1, 0.15) is 47.5 Å². The lowest BCUT2D eigenvalue weighted by molar-refractivity contribution is 0.274. The summed E-state index contributed by atoms with van der Waals surface area (Å²) < 4.78 is 0. The van der Waals surface area contributed by atoms with Crippen LogP contribution in [0.2, 0.25) is 5.54 Å². The maximum atomic E-state index is 6.23. The quantitative estimate of drug-likeness (QED) is 0.380. The topological polar surface area (TPSA) is 0 Å². The van der Waals surface area contributed by atoms with Gasteiger partial charge in [0.1, 0.15) is 0 Å². The molecule has 0 saturated carbocycles. The molecule has 0 aromatic carbocycles. The highest BCUT2D eigenvalue weighted by Crippen LogP contribution is 2.40. The highest BCUT2D eigenvalue weighted by atomic mass is 35.7. The third-order valence-electron chi connectivity index (χ3n) is 2.20. The first-order chi connectivity index (χ1) is 6.03. The van der Waals surface area contributed by atoms with Gasteiger partial charge in [-0.25, -0.2) is 0 Å². The summed E-state index contributed by atoms with van der Waals surface area (Å²) >= 11 is 18.2. The van der Waals surface area contributed by atoms with Crippen LogP contribution in [0.4, 0.5) is 0 Å². The van der Waals surface area contributed by atoms with Gasteiger partial charge in [0.2, 0.25) is 7.42 Å². The van der Waals surface area contributed by atoms with Crippen molar-refractivity contribution in [2.75, 3.05) is 0 Å². The molecule has 0 heterocycles. The molecule has 0 nitrogen and oxygen atoms in total. The first-order valence-electron chi connectivity index (χ1n) is 5.01. The van der Waals surface area contributed by atoms with E-state index in [0.29, 0.717) is 5.54 Å². The van der Waals surface area contributed by atoms with E-state index in [9.17, 15) is 0 Å². The van der Waals surface area contributed by atoms with Gasteiger partial charge in [-0.2, -0.15) is 22.2 Å². The Hall–Kier alpha value is 1.09. The number of hydrogen-bond acceptors (Lipinski definition) is 0. The molecule has 0 radical (unpaired) electrons. The molecule has 4 heteroatoms. The molecule has 1 unspecified atom stereocenters. The summed E-state index contributed by atoms with van der Waals surface area (Å²) in [6.45, 7) is 10.7. The van der Waals surface area contributed by atoms with E-state index in [1.54, 1.807) is 0 Å². The zero-order valence-corrected chi connectivity index (χ0v) is 13.1. The minimum absolute atomic E-state index is 0.140. The van der Waals surface area contributed by atoms with Crippen molar-refractivity contribution in [1.29, 1.82) is 0 Å². The van der Waals surface area contributed by atoms with Gasteiger partial charge in [-0.3, -0.25) is 0 Å². The number of hydrogen-bond donors (Lipinski definition) is 0. The minimum atomic E-state index is -1.53. The van der Waals surface area contributed by atoms with E-state index in [0.717, 1.165) is 12.8 Å². The maximum absolute atomic E-state index is 6.23. The molecular weight excluding hydrogens is 255 g/mol. The Morgan fingerprint density at radius 1 is 1.14 bits per heavy atom. The molecule has 0 aliphatic rings. The lowest BCUT2D eigenvalue weighted by Crippen LogP contribution is -2.26. The van der Waals surface area contributed by atoms with Crippen molar-refractivity contribution in [3.8, 4) is 0 Å². The molecule has 0 aliphatic heterocycles. The summed E-state index contributed by atoms with van der Waals surface area (Å²) in [6, 6.07) is 0. The molecule has 0 N–H and O–H groups in total. The molecule has 0 bridgehead atoms. The normalized spacial score (nSPS) is 16.1. The zero-order valence-electron chi connectivity index (χ0n) is 9.70. The van der Waals surface area contributed by atoms with Crippen LogP contribution < -0.4 is 0 Å². The van der Waals surface area contributed by atoms with E-state index >= 15 is 0 Å². The van der Waals surface area contributed by atoms with Crippen molar-refractivity contribution < 1.29 is 0 Å². The van der Waals surface area contributed by atoms with Crippen molar-refractivity contribution in [2.45, 2.75) is 57.9 Å². The average Bonchev–Trinajstić information content (AvgIpc) is 1.78. The fraction of sp³-hybridized carbons (Fsp3) is 1.00. The standard InChI is InChI=1S/C10H21Cl3Si/c1-8(14(12)13)6-9(2,3)7-10(4,5)11/h8,14H,6-7H2,1-5H3. The fourth-order valence-electron chi connectivity index (χ4n) is 2.17. The molecule has 1 atom stereocenters. The van der Waals surface area contributed by atoms with Crippen molar-refractivity contribution in [1.82, 2.24) is 0 Å². The molecule has 86 valence electrons. The molecule has 0 spiro atoms. The van der Waals surface area contributed by atoms with Gasteiger partial charge < -0.3 is 0 Å². The van der Waals surface area contributed by atoms with Gasteiger partial charge >= 0.3 is 0 Å². The van der Waals surface area contributed by atoms with Gasteiger partial charge in [-0.1, -0.05) is 20.8 Å². The molecule has 14 heavy (non-hydrogen) atoms. The van der Waals surface area contributed by atoms with E-state index < -0.39 is 7.42 Å². The van der Waals surface area contributed by atoms with Gasteiger partial charge in [0.25, 0.3) is 0 Å². The maximum Gasteiger partial charge on any atom is 0.239 e. The Labute approximate surface area is 104 Å². The van der Waals surface area contributed by atoms with Gasteiger partial charge in [0, 0.05) is 4.87 Å². The molecule has 0 rings (SSSR count). The van der Waals surface area contributed by atoms with Gasteiger partial charge in [-0.15, -0.1) is 11.6 Å². The van der Waals surface area contributed by atoms with Crippen LogP contribution in [0.3, 0.4) is 0 Å². The summed E-state index contributed by atoms with van der Waals surface area (Å²) in [6.07, 6.45) is 2.05. The predicted octanol–water partition coefficient (Wildman–Crippen LogP) is 4.90. The van der Waals surface area contributed by atoms with E-state index in [-0.39, 0.29) is 10.3 Å². The Morgan fingerprint density at radius 2 is 1.57 bits per heavy atom. The van der Waals surface area contributed by atoms with Crippen molar-refractivity contribution in [3.05, 3.63) is 0 Å². The minimum Gasteiger partial charge on any atom is -0.150 e. The van der Waals surface area contributed by atoms with Crippen LogP contribution in [-0.4, -0.2) is 12.3 Å². The third-order valence-corrected chi connectivity index (χ3v) is 6.01. The lowest BCUT2D eigenvalue weighted by atomic mass is 9.80. The first kappa shape index (κ1) is 15.1. The first-order valence-corrected chi connectivity index (χ1v) is 9.54. The second kappa shape index (κ2) is 5.43. The smallest absolute Gasteiger partial charge is 0.150 e. The number of alkyl halides is 1. The van der Waals surface area contributed by atoms with Crippen LogP contribution in [0, 0.1) is 5.41 Å². The molecular formula is C10H21Cl3Si. The Kier molecular flexibility index (Phi) is 5.85. The van der Waals surface area contributed by atoms with Crippen molar-refractivity contribution in [2.24, 2.45) is 5.41 Å². The van der Waals surface area contributed by atoms with Crippen LogP contribution >= 0.6 is 33.8 Å². The van der Waals surface area contributed by atoms with Gasteiger partial charge in [0.15, 0.2) is 0 Å². The van der Waals surface area contributed by atoms with Crippen LogP contribution in [0.15, 0.2) is 0 Å².